The maximum atomic E-state index is 6.22. The van der Waals surface area contributed by atoms with Crippen molar-refractivity contribution in [1.29, 1.82) is 0 Å². The van der Waals surface area contributed by atoms with Crippen molar-refractivity contribution in [2.75, 3.05) is 6.54 Å². The SMILES string of the molecule is Clc1cccc(C(CC2CCCC2)C2CCCCN2)c1. The third kappa shape index (κ3) is 3.56. The van der Waals surface area contributed by atoms with Gasteiger partial charge in [0.2, 0.25) is 0 Å². The molecule has 1 aromatic carbocycles. The van der Waals surface area contributed by atoms with E-state index in [4.69, 9.17) is 11.6 Å². The van der Waals surface area contributed by atoms with Gasteiger partial charge < -0.3 is 5.32 Å². The zero-order valence-corrected chi connectivity index (χ0v) is 13.0. The lowest BCUT2D eigenvalue weighted by Crippen LogP contribution is -2.39. The van der Waals surface area contributed by atoms with Crippen molar-refractivity contribution in [2.24, 2.45) is 5.92 Å². The van der Waals surface area contributed by atoms with Gasteiger partial charge in [0.15, 0.2) is 0 Å². The van der Waals surface area contributed by atoms with Crippen molar-refractivity contribution >= 4 is 11.6 Å². The first-order valence-electron chi connectivity index (χ1n) is 8.32. The Morgan fingerprint density at radius 3 is 2.60 bits per heavy atom. The Balaban J connectivity index is 1.77. The fraction of sp³-hybridized carbons (Fsp3) is 0.667. The van der Waals surface area contributed by atoms with E-state index in [9.17, 15) is 0 Å². The van der Waals surface area contributed by atoms with Crippen molar-refractivity contribution in [3.63, 3.8) is 0 Å². The molecule has 1 saturated heterocycles. The summed E-state index contributed by atoms with van der Waals surface area (Å²) in [7, 11) is 0. The number of piperidine rings is 1. The summed E-state index contributed by atoms with van der Waals surface area (Å²) in [5, 5.41) is 4.65. The molecule has 2 unspecified atom stereocenters. The summed E-state index contributed by atoms with van der Waals surface area (Å²) in [4.78, 5) is 0. The molecule has 0 bridgehead atoms. The summed E-state index contributed by atoms with van der Waals surface area (Å²) in [6.45, 7) is 1.19. The molecule has 2 atom stereocenters. The van der Waals surface area contributed by atoms with Crippen LogP contribution in [0.25, 0.3) is 0 Å². The first-order valence-corrected chi connectivity index (χ1v) is 8.69. The first-order chi connectivity index (χ1) is 9.83. The third-order valence-electron chi connectivity index (χ3n) is 5.17. The predicted octanol–water partition coefficient (Wildman–Crippen LogP) is 5.15. The summed E-state index contributed by atoms with van der Waals surface area (Å²) in [6, 6.07) is 9.23. The molecular weight excluding hydrogens is 266 g/mol. The lowest BCUT2D eigenvalue weighted by Gasteiger charge is -2.33. The minimum atomic E-state index is 0.650. The van der Waals surface area contributed by atoms with Crippen molar-refractivity contribution < 1.29 is 0 Å². The van der Waals surface area contributed by atoms with Gasteiger partial charge in [0.25, 0.3) is 0 Å². The number of hydrogen-bond donors (Lipinski definition) is 1. The maximum absolute atomic E-state index is 6.22. The van der Waals surface area contributed by atoms with E-state index < -0.39 is 0 Å². The lowest BCUT2D eigenvalue weighted by molar-refractivity contribution is 0.307. The van der Waals surface area contributed by atoms with E-state index >= 15 is 0 Å². The topological polar surface area (TPSA) is 12.0 Å². The van der Waals surface area contributed by atoms with Crippen molar-refractivity contribution in [2.45, 2.75) is 63.3 Å². The van der Waals surface area contributed by atoms with Crippen LogP contribution in [-0.4, -0.2) is 12.6 Å². The van der Waals surface area contributed by atoms with Crippen LogP contribution in [-0.2, 0) is 0 Å². The molecule has 1 N–H and O–H groups in total. The summed E-state index contributed by atoms with van der Waals surface area (Å²) in [5.41, 5.74) is 1.45. The molecule has 3 rings (SSSR count). The van der Waals surface area contributed by atoms with Gasteiger partial charge in [0.05, 0.1) is 0 Å². The maximum Gasteiger partial charge on any atom is 0.0408 e. The summed E-state index contributed by atoms with van der Waals surface area (Å²) in [6.07, 6.45) is 11.1. The molecule has 1 saturated carbocycles. The van der Waals surface area contributed by atoms with Crippen LogP contribution >= 0.6 is 11.6 Å². The van der Waals surface area contributed by atoms with Crippen molar-refractivity contribution in [3.8, 4) is 0 Å². The van der Waals surface area contributed by atoms with E-state index in [2.05, 4.69) is 23.5 Å². The minimum absolute atomic E-state index is 0.650. The monoisotopic (exact) mass is 291 g/mol. The van der Waals surface area contributed by atoms with Gasteiger partial charge in [-0.25, -0.2) is 0 Å². The Bertz CT molecular complexity index is 419. The smallest absolute Gasteiger partial charge is 0.0408 e. The highest BCUT2D eigenvalue weighted by Crippen LogP contribution is 2.38. The molecule has 0 spiro atoms. The molecule has 1 aliphatic heterocycles. The fourth-order valence-corrected chi connectivity index (χ4v) is 4.30. The van der Waals surface area contributed by atoms with Gasteiger partial charge in [-0.3, -0.25) is 0 Å². The quantitative estimate of drug-likeness (QED) is 0.809. The Labute approximate surface area is 128 Å². The molecule has 1 aliphatic carbocycles. The zero-order chi connectivity index (χ0) is 13.8. The molecular formula is C18H26ClN. The second-order valence-electron chi connectivity index (χ2n) is 6.60. The largest absolute Gasteiger partial charge is 0.313 e. The Morgan fingerprint density at radius 2 is 1.90 bits per heavy atom. The highest BCUT2D eigenvalue weighted by atomic mass is 35.5. The van der Waals surface area contributed by atoms with Crippen molar-refractivity contribution in [1.82, 2.24) is 5.32 Å². The Morgan fingerprint density at radius 1 is 1.10 bits per heavy atom. The van der Waals surface area contributed by atoms with Gasteiger partial charge in [-0.15, -0.1) is 0 Å². The summed E-state index contributed by atoms with van der Waals surface area (Å²) < 4.78 is 0. The Kier molecular flexibility index (Phi) is 5.01. The summed E-state index contributed by atoms with van der Waals surface area (Å²) in [5.74, 6) is 1.58. The van der Waals surface area contributed by atoms with E-state index in [-0.39, 0.29) is 0 Å². The molecule has 2 fully saturated rings. The predicted molar refractivity (Wildman–Crippen MR) is 86.4 cm³/mol. The van der Waals surface area contributed by atoms with Crippen LogP contribution in [0.5, 0.6) is 0 Å². The molecule has 0 aromatic heterocycles. The van der Waals surface area contributed by atoms with Crippen LogP contribution in [0.1, 0.15) is 62.8 Å². The van der Waals surface area contributed by atoms with Gasteiger partial charge in [-0.1, -0.05) is 55.8 Å². The van der Waals surface area contributed by atoms with Gasteiger partial charge in [-0.05, 0) is 55.3 Å². The molecule has 0 radical (unpaired) electrons. The van der Waals surface area contributed by atoms with Gasteiger partial charge in [0.1, 0.15) is 0 Å². The molecule has 1 aromatic rings. The second kappa shape index (κ2) is 6.95. The number of hydrogen-bond acceptors (Lipinski definition) is 1. The van der Waals surface area contributed by atoms with Gasteiger partial charge in [0, 0.05) is 11.1 Å². The van der Waals surface area contributed by atoms with Crippen LogP contribution < -0.4 is 5.32 Å². The standard InChI is InChI=1S/C18H26ClN/c19-16-9-5-8-15(13-16)17(12-14-6-1-2-7-14)18-10-3-4-11-20-18/h5,8-9,13-14,17-18,20H,1-4,6-7,10-12H2. The van der Waals surface area contributed by atoms with E-state index in [0.717, 1.165) is 10.9 Å². The van der Waals surface area contributed by atoms with E-state index in [1.165, 1.54) is 63.5 Å². The summed E-state index contributed by atoms with van der Waals surface area (Å²) >= 11 is 6.22. The van der Waals surface area contributed by atoms with E-state index in [0.29, 0.717) is 12.0 Å². The van der Waals surface area contributed by atoms with Crippen LogP contribution in [0, 0.1) is 5.92 Å². The highest BCUT2D eigenvalue weighted by molar-refractivity contribution is 6.30. The normalized spacial score (nSPS) is 25.8. The van der Waals surface area contributed by atoms with Crippen LogP contribution in [0.2, 0.25) is 5.02 Å². The molecule has 0 amide bonds. The zero-order valence-electron chi connectivity index (χ0n) is 12.3. The molecule has 1 nitrogen and oxygen atoms in total. The third-order valence-corrected chi connectivity index (χ3v) is 5.41. The van der Waals surface area contributed by atoms with Crippen molar-refractivity contribution in [3.05, 3.63) is 34.9 Å². The van der Waals surface area contributed by atoms with Crippen LogP contribution in [0.4, 0.5) is 0 Å². The number of rotatable bonds is 4. The number of benzene rings is 1. The number of nitrogens with one attached hydrogen (secondary N) is 1. The number of halogens is 1. The minimum Gasteiger partial charge on any atom is -0.313 e. The van der Waals surface area contributed by atoms with E-state index in [1.54, 1.807) is 0 Å². The molecule has 2 aliphatic rings. The molecule has 1 heterocycles. The molecule has 110 valence electrons. The van der Waals surface area contributed by atoms with Gasteiger partial charge in [-0.2, -0.15) is 0 Å². The van der Waals surface area contributed by atoms with Gasteiger partial charge >= 0.3 is 0 Å². The fourth-order valence-electron chi connectivity index (χ4n) is 4.10. The lowest BCUT2D eigenvalue weighted by atomic mass is 9.80. The average Bonchev–Trinajstić information content (AvgIpc) is 2.99. The van der Waals surface area contributed by atoms with Crippen LogP contribution in [0.3, 0.4) is 0 Å². The van der Waals surface area contributed by atoms with Crippen LogP contribution in [0.15, 0.2) is 24.3 Å². The molecule has 20 heavy (non-hydrogen) atoms. The second-order valence-corrected chi connectivity index (χ2v) is 7.04. The first kappa shape index (κ1) is 14.4. The van der Waals surface area contributed by atoms with E-state index in [1.807, 2.05) is 6.07 Å². The Hall–Kier alpha value is -0.530. The average molecular weight is 292 g/mol. The molecule has 2 heteroatoms. The highest BCUT2D eigenvalue weighted by Gasteiger charge is 2.28.